The third kappa shape index (κ3) is 5.33. The van der Waals surface area contributed by atoms with Gasteiger partial charge in [-0.2, -0.15) is 0 Å². The molecule has 36 heavy (non-hydrogen) atoms. The van der Waals surface area contributed by atoms with Gasteiger partial charge in [-0.25, -0.2) is 8.42 Å². The van der Waals surface area contributed by atoms with Gasteiger partial charge in [0, 0.05) is 18.1 Å². The monoisotopic (exact) mass is 508 g/mol. The molecule has 8 heteroatoms. The first kappa shape index (κ1) is 25.6. The number of nitrogens with one attached hydrogen (secondary N) is 1. The van der Waals surface area contributed by atoms with Crippen molar-refractivity contribution >= 4 is 21.6 Å². The number of hydrogen-bond acceptors (Lipinski definition) is 5. The minimum atomic E-state index is -3.98. The van der Waals surface area contributed by atoms with Gasteiger partial charge in [0.05, 0.1) is 23.7 Å². The number of sulfonamides is 1. The third-order valence-electron chi connectivity index (χ3n) is 6.41. The molecule has 0 fully saturated rings. The van der Waals surface area contributed by atoms with Crippen LogP contribution in [0.4, 0.5) is 5.69 Å². The number of aryl methyl sites for hydroxylation is 2. The minimum absolute atomic E-state index is 0.126. The number of anilines is 1. The van der Waals surface area contributed by atoms with E-state index in [0.29, 0.717) is 23.6 Å². The van der Waals surface area contributed by atoms with Gasteiger partial charge in [0.15, 0.2) is 0 Å². The highest BCUT2D eigenvalue weighted by Crippen LogP contribution is 2.41. The Morgan fingerprint density at radius 2 is 1.78 bits per heavy atom. The van der Waals surface area contributed by atoms with Crippen molar-refractivity contribution in [2.75, 3.05) is 18.0 Å². The lowest BCUT2D eigenvalue weighted by atomic mass is 9.89. The van der Waals surface area contributed by atoms with Gasteiger partial charge in [-0.3, -0.25) is 9.10 Å². The zero-order valence-electron chi connectivity index (χ0n) is 21.2. The number of carbonyl (C=O) groups is 1. The molecule has 0 saturated heterocycles. The molecular formula is C28H32N2O5S. The van der Waals surface area contributed by atoms with Crippen molar-refractivity contribution in [1.82, 2.24) is 5.32 Å². The fourth-order valence-electron chi connectivity index (χ4n) is 4.37. The molecule has 1 heterocycles. The molecule has 0 bridgehead atoms. The van der Waals surface area contributed by atoms with Crippen molar-refractivity contribution in [2.45, 2.75) is 50.7 Å². The van der Waals surface area contributed by atoms with E-state index in [1.807, 2.05) is 45.9 Å². The normalized spacial score (nSPS) is 16.4. The van der Waals surface area contributed by atoms with Crippen LogP contribution in [-0.4, -0.2) is 33.6 Å². The van der Waals surface area contributed by atoms with Crippen molar-refractivity contribution in [3.63, 3.8) is 0 Å². The maximum atomic E-state index is 13.6. The maximum Gasteiger partial charge on any atom is 0.264 e. The first-order valence-electron chi connectivity index (χ1n) is 11.8. The topological polar surface area (TPSA) is 84.9 Å². The lowest BCUT2D eigenvalue weighted by Gasteiger charge is -2.38. The molecule has 1 unspecified atom stereocenters. The SMILES string of the molecule is COc1ccc2c(c1)OC(C)(C)CC2NC(=O)CN(c1ccc(C)c(C)c1)S(=O)(=O)c1ccccc1. The fraction of sp³-hybridized carbons (Fsp3) is 0.321. The smallest absolute Gasteiger partial charge is 0.264 e. The molecule has 7 nitrogen and oxygen atoms in total. The van der Waals surface area contributed by atoms with E-state index in [4.69, 9.17) is 9.47 Å². The number of ether oxygens (including phenoxy) is 2. The fourth-order valence-corrected chi connectivity index (χ4v) is 5.81. The molecule has 190 valence electrons. The average molecular weight is 509 g/mol. The quantitative estimate of drug-likeness (QED) is 0.489. The van der Waals surface area contributed by atoms with Crippen LogP contribution < -0.4 is 19.1 Å². The zero-order chi connectivity index (χ0) is 26.1. The first-order chi connectivity index (χ1) is 17.0. The molecule has 0 aliphatic carbocycles. The van der Waals surface area contributed by atoms with Crippen LogP contribution in [0, 0.1) is 13.8 Å². The molecule has 1 aliphatic rings. The van der Waals surface area contributed by atoms with E-state index in [0.717, 1.165) is 16.7 Å². The molecule has 0 saturated carbocycles. The van der Waals surface area contributed by atoms with Crippen LogP contribution in [0.3, 0.4) is 0 Å². The van der Waals surface area contributed by atoms with E-state index in [1.165, 1.54) is 16.4 Å². The van der Waals surface area contributed by atoms with E-state index in [9.17, 15) is 13.2 Å². The number of rotatable bonds is 7. The Balaban J connectivity index is 1.66. The zero-order valence-corrected chi connectivity index (χ0v) is 22.1. The van der Waals surface area contributed by atoms with Crippen LogP contribution in [0.25, 0.3) is 0 Å². The lowest BCUT2D eigenvalue weighted by Crippen LogP contribution is -2.45. The summed E-state index contributed by atoms with van der Waals surface area (Å²) >= 11 is 0. The number of methoxy groups -OCH3 is 1. The number of fused-ring (bicyclic) bond motifs is 1. The second-order valence-corrected chi connectivity index (χ2v) is 11.5. The third-order valence-corrected chi connectivity index (χ3v) is 8.20. The van der Waals surface area contributed by atoms with Crippen molar-refractivity contribution < 1.29 is 22.7 Å². The summed E-state index contributed by atoms with van der Waals surface area (Å²) in [5.41, 5.74) is 2.72. The molecule has 1 atom stereocenters. The van der Waals surface area contributed by atoms with Gasteiger partial charge in [0.25, 0.3) is 10.0 Å². The highest BCUT2D eigenvalue weighted by Gasteiger charge is 2.36. The van der Waals surface area contributed by atoms with Gasteiger partial charge >= 0.3 is 0 Å². The van der Waals surface area contributed by atoms with E-state index in [2.05, 4.69) is 5.32 Å². The summed E-state index contributed by atoms with van der Waals surface area (Å²) < 4.78 is 39.9. The number of carbonyl (C=O) groups excluding carboxylic acids is 1. The average Bonchev–Trinajstić information content (AvgIpc) is 2.83. The van der Waals surface area contributed by atoms with Crippen LogP contribution >= 0.6 is 0 Å². The second kappa shape index (κ2) is 9.85. The Morgan fingerprint density at radius 1 is 1.06 bits per heavy atom. The number of amides is 1. The Hall–Kier alpha value is -3.52. The summed E-state index contributed by atoms with van der Waals surface area (Å²) in [6, 6.07) is 18.7. The van der Waals surface area contributed by atoms with Gasteiger partial charge in [-0.1, -0.05) is 24.3 Å². The summed E-state index contributed by atoms with van der Waals surface area (Å²) in [5.74, 6) is 0.891. The Kier molecular flexibility index (Phi) is 7.00. The summed E-state index contributed by atoms with van der Waals surface area (Å²) in [6.07, 6.45) is 0.535. The van der Waals surface area contributed by atoms with E-state index < -0.39 is 21.5 Å². The van der Waals surface area contributed by atoms with Crippen LogP contribution in [0.5, 0.6) is 11.5 Å². The van der Waals surface area contributed by atoms with Crippen molar-refractivity contribution in [3.05, 3.63) is 83.4 Å². The summed E-state index contributed by atoms with van der Waals surface area (Å²) in [7, 11) is -2.39. The van der Waals surface area contributed by atoms with Gasteiger partial charge in [0.2, 0.25) is 5.91 Å². The lowest BCUT2D eigenvalue weighted by molar-refractivity contribution is -0.120. The highest BCUT2D eigenvalue weighted by atomic mass is 32.2. The number of nitrogens with zero attached hydrogens (tertiary/aromatic N) is 1. The van der Waals surface area contributed by atoms with E-state index >= 15 is 0 Å². The first-order valence-corrected chi connectivity index (χ1v) is 13.3. The van der Waals surface area contributed by atoms with Crippen LogP contribution in [0.2, 0.25) is 0 Å². The van der Waals surface area contributed by atoms with Crippen LogP contribution in [0.1, 0.15) is 43.0 Å². The predicted octanol–water partition coefficient (Wildman–Crippen LogP) is 4.93. The molecule has 4 rings (SSSR count). The van der Waals surface area contributed by atoms with Crippen LogP contribution in [0.15, 0.2) is 71.6 Å². The molecular weight excluding hydrogens is 476 g/mol. The van der Waals surface area contributed by atoms with Gasteiger partial charge in [0.1, 0.15) is 23.6 Å². The second-order valence-electron chi connectivity index (χ2n) is 9.68. The number of benzene rings is 3. The van der Waals surface area contributed by atoms with Crippen molar-refractivity contribution in [3.8, 4) is 11.5 Å². The molecule has 3 aromatic rings. The summed E-state index contributed by atoms with van der Waals surface area (Å²) in [4.78, 5) is 13.5. The Bertz CT molecular complexity index is 1370. The maximum absolute atomic E-state index is 13.6. The molecule has 0 spiro atoms. The van der Waals surface area contributed by atoms with Crippen molar-refractivity contribution in [2.24, 2.45) is 0 Å². The molecule has 0 radical (unpaired) electrons. The molecule has 0 aromatic heterocycles. The minimum Gasteiger partial charge on any atom is -0.497 e. The molecule has 3 aromatic carbocycles. The van der Waals surface area contributed by atoms with Gasteiger partial charge in [-0.05, 0) is 75.2 Å². The number of hydrogen-bond donors (Lipinski definition) is 1. The van der Waals surface area contributed by atoms with Crippen molar-refractivity contribution in [1.29, 1.82) is 0 Å². The van der Waals surface area contributed by atoms with Gasteiger partial charge in [-0.15, -0.1) is 0 Å². The Morgan fingerprint density at radius 3 is 2.44 bits per heavy atom. The van der Waals surface area contributed by atoms with E-state index in [1.54, 1.807) is 43.5 Å². The molecule has 1 aliphatic heterocycles. The molecule has 1 amide bonds. The van der Waals surface area contributed by atoms with Crippen LogP contribution in [-0.2, 0) is 14.8 Å². The summed E-state index contributed by atoms with van der Waals surface area (Å²) in [5, 5.41) is 3.05. The Labute approximate surface area is 213 Å². The highest BCUT2D eigenvalue weighted by molar-refractivity contribution is 7.92. The standard InChI is InChI=1S/C28H32N2O5S/c1-19-11-12-21(15-20(19)2)30(36(32,33)23-9-7-6-8-10-23)18-27(31)29-25-17-28(3,4)35-26-16-22(34-5)13-14-24(25)26/h6-16,25H,17-18H2,1-5H3,(H,29,31). The largest absolute Gasteiger partial charge is 0.497 e. The van der Waals surface area contributed by atoms with E-state index in [-0.39, 0.29) is 17.5 Å². The predicted molar refractivity (Wildman–Crippen MR) is 140 cm³/mol. The summed E-state index contributed by atoms with van der Waals surface area (Å²) in [6.45, 7) is 7.43. The van der Waals surface area contributed by atoms with Gasteiger partial charge < -0.3 is 14.8 Å². The molecule has 1 N–H and O–H groups in total.